The van der Waals surface area contributed by atoms with Crippen LogP contribution in [-0.2, 0) is 4.79 Å². The van der Waals surface area contributed by atoms with Gasteiger partial charge in [0.05, 0.1) is 0 Å². The number of amides is 3. The van der Waals surface area contributed by atoms with Crippen LogP contribution in [0.5, 0.6) is 5.75 Å². The smallest absolute Gasteiger partial charge is 0.325 e. The first-order valence-electron chi connectivity index (χ1n) is 7.00. The van der Waals surface area contributed by atoms with E-state index < -0.39 is 11.9 Å². The van der Waals surface area contributed by atoms with Crippen molar-refractivity contribution in [1.82, 2.24) is 5.32 Å². The van der Waals surface area contributed by atoms with Gasteiger partial charge in [-0.25, -0.2) is 4.79 Å². The number of halogens is 1. The van der Waals surface area contributed by atoms with Gasteiger partial charge < -0.3 is 10.1 Å². The predicted octanol–water partition coefficient (Wildman–Crippen LogP) is 3.79. The lowest BCUT2D eigenvalue weighted by Gasteiger charge is -2.09. The van der Waals surface area contributed by atoms with Gasteiger partial charge >= 0.3 is 6.03 Å². The second-order valence-corrected chi connectivity index (χ2v) is 5.93. The molecule has 120 valence electrons. The van der Waals surface area contributed by atoms with Gasteiger partial charge in [0.25, 0.3) is 5.91 Å². The van der Waals surface area contributed by atoms with Crippen LogP contribution in [0.3, 0.4) is 0 Å². The van der Waals surface area contributed by atoms with Crippen LogP contribution in [-0.4, -0.2) is 18.5 Å². The van der Waals surface area contributed by atoms with Crippen LogP contribution in [0, 0.1) is 13.8 Å². The fraction of sp³-hybridized carbons (Fsp3) is 0.176. The summed E-state index contributed by atoms with van der Waals surface area (Å²) in [6, 6.07) is 12.1. The molecular weight excluding hydrogens is 360 g/mol. The Bertz CT molecular complexity index is 732. The summed E-state index contributed by atoms with van der Waals surface area (Å²) in [6.07, 6.45) is 0. The molecule has 0 unspecified atom stereocenters. The van der Waals surface area contributed by atoms with Crippen molar-refractivity contribution in [2.75, 3.05) is 11.9 Å². The lowest BCUT2D eigenvalue weighted by atomic mass is 10.2. The predicted molar refractivity (Wildman–Crippen MR) is 92.7 cm³/mol. The number of anilines is 1. The minimum absolute atomic E-state index is 0.226. The highest BCUT2D eigenvalue weighted by molar-refractivity contribution is 9.10. The molecule has 23 heavy (non-hydrogen) atoms. The number of benzene rings is 2. The number of hydrogen-bond acceptors (Lipinski definition) is 3. The molecule has 0 heterocycles. The Labute approximate surface area is 143 Å². The molecule has 0 bridgehead atoms. The van der Waals surface area contributed by atoms with Gasteiger partial charge in [0.1, 0.15) is 5.75 Å². The van der Waals surface area contributed by atoms with Crippen LogP contribution < -0.4 is 15.4 Å². The van der Waals surface area contributed by atoms with E-state index in [1.165, 1.54) is 0 Å². The van der Waals surface area contributed by atoms with Crippen molar-refractivity contribution in [1.29, 1.82) is 0 Å². The second-order valence-electron chi connectivity index (χ2n) is 5.07. The molecule has 2 rings (SSSR count). The standard InChI is InChI=1S/C17H17BrN2O3/c1-11-4-3-5-14(8-11)23-10-16(21)20-17(22)19-13-6-7-15(18)12(2)9-13/h3-9H,10H2,1-2H3,(H2,19,20,21,22). The van der Waals surface area contributed by atoms with Crippen LogP contribution in [0.4, 0.5) is 10.5 Å². The Balaban J connectivity index is 1.82. The van der Waals surface area contributed by atoms with E-state index in [0.29, 0.717) is 11.4 Å². The van der Waals surface area contributed by atoms with Crippen molar-refractivity contribution in [3.63, 3.8) is 0 Å². The first-order valence-corrected chi connectivity index (χ1v) is 7.80. The number of carbonyl (C=O) groups is 2. The SMILES string of the molecule is Cc1cccc(OCC(=O)NC(=O)Nc2ccc(Br)c(C)c2)c1. The van der Waals surface area contributed by atoms with E-state index in [1.807, 2.05) is 38.1 Å². The third-order valence-electron chi connectivity index (χ3n) is 3.03. The summed E-state index contributed by atoms with van der Waals surface area (Å²) in [6.45, 7) is 3.62. The number of urea groups is 1. The molecule has 5 nitrogen and oxygen atoms in total. The number of carbonyl (C=O) groups excluding carboxylic acids is 2. The maximum absolute atomic E-state index is 11.8. The molecule has 0 atom stereocenters. The third-order valence-corrected chi connectivity index (χ3v) is 3.92. The molecule has 0 fully saturated rings. The van der Waals surface area contributed by atoms with Crippen molar-refractivity contribution >= 4 is 33.6 Å². The molecule has 0 radical (unpaired) electrons. The third kappa shape index (κ3) is 5.41. The zero-order chi connectivity index (χ0) is 16.8. The normalized spacial score (nSPS) is 10.0. The minimum atomic E-state index is -0.593. The Kier molecular flexibility index (Phi) is 5.76. The fourth-order valence-corrected chi connectivity index (χ4v) is 2.15. The number of imide groups is 1. The van der Waals surface area contributed by atoms with Crippen molar-refractivity contribution in [2.24, 2.45) is 0 Å². The lowest BCUT2D eigenvalue weighted by molar-refractivity contribution is -0.121. The van der Waals surface area contributed by atoms with E-state index in [1.54, 1.807) is 18.2 Å². The van der Waals surface area contributed by atoms with Gasteiger partial charge in [-0.2, -0.15) is 0 Å². The van der Waals surface area contributed by atoms with E-state index in [0.717, 1.165) is 15.6 Å². The summed E-state index contributed by atoms with van der Waals surface area (Å²) < 4.78 is 6.29. The van der Waals surface area contributed by atoms with Crippen LogP contribution in [0.25, 0.3) is 0 Å². The molecule has 3 amide bonds. The molecule has 0 aliphatic heterocycles. The van der Waals surface area contributed by atoms with Crippen LogP contribution in [0.2, 0.25) is 0 Å². The summed E-state index contributed by atoms with van der Waals surface area (Å²) in [5, 5.41) is 4.82. The van der Waals surface area contributed by atoms with Gasteiger partial charge in [-0.3, -0.25) is 10.1 Å². The highest BCUT2D eigenvalue weighted by Gasteiger charge is 2.09. The quantitative estimate of drug-likeness (QED) is 0.852. The molecule has 0 aliphatic carbocycles. The molecule has 0 spiro atoms. The molecule has 2 N–H and O–H groups in total. The Morgan fingerprint density at radius 3 is 2.61 bits per heavy atom. The summed E-state index contributed by atoms with van der Waals surface area (Å²) in [5.74, 6) is 0.0712. The fourth-order valence-electron chi connectivity index (χ4n) is 1.90. The zero-order valence-corrected chi connectivity index (χ0v) is 14.4. The Morgan fingerprint density at radius 2 is 1.91 bits per heavy atom. The molecular formula is C17H17BrN2O3. The lowest BCUT2D eigenvalue weighted by Crippen LogP contribution is -2.37. The van der Waals surface area contributed by atoms with E-state index in [4.69, 9.17) is 4.74 Å². The van der Waals surface area contributed by atoms with Crippen molar-refractivity contribution in [2.45, 2.75) is 13.8 Å². The summed E-state index contributed by atoms with van der Waals surface area (Å²) >= 11 is 3.38. The van der Waals surface area contributed by atoms with Crippen LogP contribution in [0.15, 0.2) is 46.9 Å². The van der Waals surface area contributed by atoms with Gasteiger partial charge in [-0.15, -0.1) is 0 Å². The average molecular weight is 377 g/mol. The minimum Gasteiger partial charge on any atom is -0.484 e. The Morgan fingerprint density at radius 1 is 1.13 bits per heavy atom. The van der Waals surface area contributed by atoms with Gasteiger partial charge in [0.2, 0.25) is 0 Å². The maximum atomic E-state index is 11.8. The summed E-state index contributed by atoms with van der Waals surface area (Å²) in [5.41, 5.74) is 2.62. The molecule has 6 heteroatoms. The first kappa shape index (κ1) is 17.0. The monoisotopic (exact) mass is 376 g/mol. The van der Waals surface area contributed by atoms with Crippen molar-refractivity contribution in [3.05, 3.63) is 58.1 Å². The largest absolute Gasteiger partial charge is 0.484 e. The molecule has 2 aromatic carbocycles. The van der Waals surface area contributed by atoms with Gasteiger partial charge in [0.15, 0.2) is 6.61 Å². The highest BCUT2D eigenvalue weighted by Crippen LogP contribution is 2.19. The summed E-state index contributed by atoms with van der Waals surface area (Å²) in [7, 11) is 0. The van der Waals surface area contributed by atoms with E-state index in [-0.39, 0.29) is 6.61 Å². The number of ether oxygens (including phenoxy) is 1. The molecule has 0 aromatic heterocycles. The summed E-state index contributed by atoms with van der Waals surface area (Å²) in [4.78, 5) is 23.5. The maximum Gasteiger partial charge on any atom is 0.325 e. The highest BCUT2D eigenvalue weighted by atomic mass is 79.9. The van der Waals surface area contributed by atoms with Crippen molar-refractivity contribution < 1.29 is 14.3 Å². The van der Waals surface area contributed by atoms with Gasteiger partial charge in [-0.05, 0) is 55.3 Å². The van der Waals surface area contributed by atoms with Crippen LogP contribution in [0.1, 0.15) is 11.1 Å². The van der Waals surface area contributed by atoms with Gasteiger partial charge in [-0.1, -0.05) is 28.1 Å². The number of aryl methyl sites for hydroxylation is 2. The van der Waals surface area contributed by atoms with Gasteiger partial charge in [0, 0.05) is 10.2 Å². The van der Waals surface area contributed by atoms with E-state index in [2.05, 4.69) is 26.6 Å². The van der Waals surface area contributed by atoms with Crippen LogP contribution >= 0.6 is 15.9 Å². The average Bonchev–Trinajstić information content (AvgIpc) is 2.49. The number of hydrogen-bond donors (Lipinski definition) is 2. The second kappa shape index (κ2) is 7.78. The molecule has 0 saturated carbocycles. The Hall–Kier alpha value is -2.34. The topological polar surface area (TPSA) is 67.4 Å². The van der Waals surface area contributed by atoms with E-state index >= 15 is 0 Å². The zero-order valence-electron chi connectivity index (χ0n) is 12.9. The number of rotatable bonds is 4. The first-order chi connectivity index (χ1) is 10.9. The van der Waals surface area contributed by atoms with Crippen molar-refractivity contribution in [3.8, 4) is 5.75 Å². The molecule has 0 saturated heterocycles. The molecule has 0 aliphatic rings. The molecule has 2 aromatic rings. The number of nitrogens with one attached hydrogen (secondary N) is 2. The van der Waals surface area contributed by atoms with E-state index in [9.17, 15) is 9.59 Å².